The van der Waals surface area contributed by atoms with Gasteiger partial charge in [0.1, 0.15) is 6.07 Å². The quantitative estimate of drug-likeness (QED) is 0.758. The number of nitrogens with zero attached hydrogens (tertiary/aromatic N) is 1. The lowest BCUT2D eigenvalue weighted by Crippen LogP contribution is -1.77. The highest BCUT2D eigenvalue weighted by Gasteiger charge is 2.05. The van der Waals surface area contributed by atoms with Gasteiger partial charge in [-0.3, -0.25) is 0 Å². The van der Waals surface area contributed by atoms with Crippen LogP contribution >= 0.6 is 11.6 Å². The SMILES string of the molecule is N#Cc1c[nH]cc1-c1cccc(Cl)c1. The molecule has 0 fully saturated rings. The van der Waals surface area contributed by atoms with Crippen molar-refractivity contribution < 1.29 is 0 Å². The number of hydrogen-bond donors (Lipinski definition) is 1. The van der Waals surface area contributed by atoms with Crippen LogP contribution in [0.25, 0.3) is 11.1 Å². The molecule has 1 heterocycles. The predicted octanol–water partition coefficient (Wildman–Crippen LogP) is 3.21. The smallest absolute Gasteiger partial charge is 0.101 e. The Hall–Kier alpha value is -1.72. The Morgan fingerprint density at radius 1 is 1.29 bits per heavy atom. The molecule has 0 spiro atoms. The normalized spacial score (nSPS) is 9.71. The Bertz CT molecular complexity index is 494. The van der Waals surface area contributed by atoms with E-state index in [1.807, 2.05) is 24.3 Å². The van der Waals surface area contributed by atoms with Gasteiger partial charge in [-0.2, -0.15) is 5.26 Å². The van der Waals surface area contributed by atoms with Gasteiger partial charge in [-0.15, -0.1) is 0 Å². The third-order valence-electron chi connectivity index (χ3n) is 2.00. The molecule has 0 radical (unpaired) electrons. The first-order valence-electron chi connectivity index (χ1n) is 4.14. The van der Waals surface area contributed by atoms with Crippen LogP contribution in [0.1, 0.15) is 5.56 Å². The van der Waals surface area contributed by atoms with E-state index in [2.05, 4.69) is 11.1 Å². The Labute approximate surface area is 86.8 Å². The van der Waals surface area contributed by atoms with Gasteiger partial charge in [0.15, 0.2) is 0 Å². The maximum Gasteiger partial charge on any atom is 0.101 e. The predicted molar refractivity (Wildman–Crippen MR) is 56.0 cm³/mol. The van der Waals surface area contributed by atoms with E-state index in [1.165, 1.54) is 0 Å². The molecule has 0 aliphatic heterocycles. The number of halogens is 1. The average Bonchev–Trinajstić information content (AvgIpc) is 2.65. The van der Waals surface area contributed by atoms with Gasteiger partial charge in [0.2, 0.25) is 0 Å². The first-order valence-corrected chi connectivity index (χ1v) is 4.52. The Kier molecular flexibility index (Phi) is 2.26. The summed E-state index contributed by atoms with van der Waals surface area (Å²) in [5, 5.41) is 9.51. The fraction of sp³-hybridized carbons (Fsp3) is 0. The number of aromatic amines is 1. The minimum atomic E-state index is 0.632. The molecular weight excluding hydrogens is 196 g/mol. The van der Waals surface area contributed by atoms with Gasteiger partial charge in [0.25, 0.3) is 0 Å². The summed E-state index contributed by atoms with van der Waals surface area (Å²) >= 11 is 5.86. The molecule has 1 aromatic heterocycles. The molecule has 2 rings (SSSR count). The maximum absolute atomic E-state index is 8.83. The molecule has 0 aliphatic carbocycles. The van der Waals surface area contributed by atoms with Crippen molar-refractivity contribution in [2.75, 3.05) is 0 Å². The summed E-state index contributed by atoms with van der Waals surface area (Å²) in [6, 6.07) is 9.56. The molecule has 2 nitrogen and oxygen atoms in total. The lowest BCUT2D eigenvalue weighted by molar-refractivity contribution is 1.40. The van der Waals surface area contributed by atoms with E-state index in [9.17, 15) is 0 Å². The second kappa shape index (κ2) is 3.57. The van der Waals surface area contributed by atoms with E-state index in [4.69, 9.17) is 16.9 Å². The largest absolute Gasteiger partial charge is 0.366 e. The number of nitrogens with one attached hydrogen (secondary N) is 1. The third-order valence-corrected chi connectivity index (χ3v) is 2.24. The molecule has 3 heteroatoms. The molecule has 0 saturated carbocycles. The second-order valence-corrected chi connectivity index (χ2v) is 3.34. The van der Waals surface area contributed by atoms with Gasteiger partial charge >= 0.3 is 0 Å². The van der Waals surface area contributed by atoms with Crippen LogP contribution in [0, 0.1) is 11.3 Å². The van der Waals surface area contributed by atoms with E-state index in [0.29, 0.717) is 10.6 Å². The van der Waals surface area contributed by atoms with E-state index in [-0.39, 0.29) is 0 Å². The monoisotopic (exact) mass is 202 g/mol. The molecule has 0 saturated heterocycles. The van der Waals surface area contributed by atoms with E-state index < -0.39 is 0 Å². The van der Waals surface area contributed by atoms with Gasteiger partial charge in [-0.05, 0) is 17.7 Å². The van der Waals surface area contributed by atoms with Crippen molar-refractivity contribution in [3.63, 3.8) is 0 Å². The average molecular weight is 203 g/mol. The van der Waals surface area contributed by atoms with Crippen LogP contribution in [0.2, 0.25) is 5.02 Å². The highest BCUT2D eigenvalue weighted by molar-refractivity contribution is 6.30. The van der Waals surface area contributed by atoms with Gasteiger partial charge < -0.3 is 4.98 Å². The van der Waals surface area contributed by atoms with Crippen LogP contribution in [0.4, 0.5) is 0 Å². The molecule has 1 aromatic carbocycles. The number of H-pyrrole nitrogens is 1. The molecule has 68 valence electrons. The van der Waals surface area contributed by atoms with Gasteiger partial charge in [-0.25, -0.2) is 0 Å². The molecule has 14 heavy (non-hydrogen) atoms. The first-order chi connectivity index (χ1) is 6.81. The minimum absolute atomic E-state index is 0.632. The fourth-order valence-corrected chi connectivity index (χ4v) is 1.54. The van der Waals surface area contributed by atoms with Crippen LogP contribution in [0.3, 0.4) is 0 Å². The van der Waals surface area contributed by atoms with Crippen molar-refractivity contribution in [1.29, 1.82) is 5.26 Å². The lowest BCUT2D eigenvalue weighted by Gasteiger charge is -1.98. The summed E-state index contributed by atoms with van der Waals surface area (Å²) in [6.07, 6.45) is 3.47. The molecule has 0 bridgehead atoms. The Morgan fingerprint density at radius 3 is 2.86 bits per heavy atom. The summed E-state index contributed by atoms with van der Waals surface area (Å²) in [5.41, 5.74) is 2.47. The Balaban J connectivity index is 2.56. The standard InChI is InChI=1S/C11H7ClN2/c12-10-3-1-2-8(4-10)11-7-14-6-9(11)5-13/h1-4,6-7,14H. The molecule has 0 atom stereocenters. The molecule has 0 aliphatic rings. The van der Waals surface area contributed by atoms with Crippen molar-refractivity contribution in [3.8, 4) is 17.2 Å². The zero-order valence-electron chi connectivity index (χ0n) is 7.29. The number of hydrogen-bond acceptors (Lipinski definition) is 1. The molecular formula is C11H7ClN2. The van der Waals surface area contributed by atoms with Crippen molar-refractivity contribution in [2.24, 2.45) is 0 Å². The summed E-state index contributed by atoms with van der Waals surface area (Å²) in [6.45, 7) is 0. The number of nitriles is 1. The highest BCUT2D eigenvalue weighted by Crippen LogP contribution is 2.25. The van der Waals surface area contributed by atoms with Crippen LogP contribution < -0.4 is 0 Å². The molecule has 0 unspecified atom stereocenters. The minimum Gasteiger partial charge on any atom is -0.366 e. The van der Waals surface area contributed by atoms with Crippen LogP contribution in [-0.2, 0) is 0 Å². The van der Waals surface area contributed by atoms with Gasteiger partial charge in [-0.1, -0.05) is 23.7 Å². The molecule has 2 aromatic rings. The zero-order valence-corrected chi connectivity index (χ0v) is 8.05. The number of benzene rings is 1. The van der Waals surface area contributed by atoms with E-state index in [1.54, 1.807) is 12.4 Å². The highest BCUT2D eigenvalue weighted by atomic mass is 35.5. The third kappa shape index (κ3) is 1.50. The van der Waals surface area contributed by atoms with Gasteiger partial charge in [0, 0.05) is 23.0 Å². The van der Waals surface area contributed by atoms with E-state index >= 15 is 0 Å². The second-order valence-electron chi connectivity index (χ2n) is 2.90. The topological polar surface area (TPSA) is 39.6 Å². The fourth-order valence-electron chi connectivity index (χ4n) is 1.35. The van der Waals surface area contributed by atoms with E-state index in [0.717, 1.165) is 11.1 Å². The van der Waals surface area contributed by atoms with Gasteiger partial charge in [0.05, 0.1) is 5.56 Å². The van der Waals surface area contributed by atoms with Crippen molar-refractivity contribution in [2.45, 2.75) is 0 Å². The summed E-state index contributed by atoms with van der Waals surface area (Å²) in [7, 11) is 0. The van der Waals surface area contributed by atoms with Crippen LogP contribution in [0.5, 0.6) is 0 Å². The maximum atomic E-state index is 8.83. The summed E-state index contributed by atoms with van der Waals surface area (Å²) < 4.78 is 0. The summed E-state index contributed by atoms with van der Waals surface area (Å²) in [5.74, 6) is 0. The summed E-state index contributed by atoms with van der Waals surface area (Å²) in [4.78, 5) is 2.90. The number of aromatic nitrogens is 1. The van der Waals surface area contributed by atoms with Crippen molar-refractivity contribution >= 4 is 11.6 Å². The zero-order chi connectivity index (χ0) is 9.97. The van der Waals surface area contributed by atoms with Crippen molar-refractivity contribution in [3.05, 3.63) is 47.2 Å². The number of rotatable bonds is 1. The lowest BCUT2D eigenvalue weighted by atomic mass is 10.1. The molecule has 1 N–H and O–H groups in total. The first kappa shape index (κ1) is 8.86. The van der Waals surface area contributed by atoms with Crippen LogP contribution in [0.15, 0.2) is 36.7 Å². The van der Waals surface area contributed by atoms with Crippen molar-refractivity contribution in [1.82, 2.24) is 4.98 Å². The Morgan fingerprint density at radius 2 is 2.14 bits per heavy atom. The molecule has 0 amide bonds. The van der Waals surface area contributed by atoms with Crippen LogP contribution in [-0.4, -0.2) is 4.98 Å².